The predicted molar refractivity (Wildman–Crippen MR) is 65.5 cm³/mol. The van der Waals surface area contributed by atoms with E-state index in [1.165, 1.54) is 23.5 Å². The molecule has 1 fully saturated rings. The number of hydrogen-bond donors (Lipinski definition) is 1. The van der Waals surface area contributed by atoms with Gasteiger partial charge in [0, 0.05) is 11.8 Å². The Bertz CT molecular complexity index is 301. The average Bonchev–Trinajstić information content (AvgIpc) is 2.64. The van der Waals surface area contributed by atoms with Crippen molar-refractivity contribution in [3.63, 3.8) is 0 Å². The minimum Gasteiger partial charge on any atom is -0.380 e. The summed E-state index contributed by atoms with van der Waals surface area (Å²) < 4.78 is 0. The number of nitrogens with one attached hydrogen (secondary N) is 1. The van der Waals surface area contributed by atoms with Crippen LogP contribution in [0.2, 0.25) is 5.02 Å². The maximum Gasteiger partial charge on any atom is 0.0640 e. The van der Waals surface area contributed by atoms with Gasteiger partial charge in [0.15, 0.2) is 0 Å². The van der Waals surface area contributed by atoms with Crippen LogP contribution in [0, 0.1) is 6.92 Å². The molecular formula is C11H14ClNS. The molecule has 0 bridgehead atoms. The van der Waals surface area contributed by atoms with Crippen LogP contribution in [0.3, 0.4) is 0 Å². The van der Waals surface area contributed by atoms with Gasteiger partial charge in [0.05, 0.1) is 10.7 Å². The zero-order chi connectivity index (χ0) is 9.97. The SMILES string of the molecule is Cc1cccc(Cl)c1NC1CCSC1. The van der Waals surface area contributed by atoms with E-state index in [0.29, 0.717) is 6.04 Å². The van der Waals surface area contributed by atoms with E-state index in [9.17, 15) is 0 Å². The molecule has 1 heterocycles. The van der Waals surface area contributed by atoms with Gasteiger partial charge in [-0.2, -0.15) is 11.8 Å². The fourth-order valence-corrected chi connectivity index (χ4v) is 3.10. The van der Waals surface area contributed by atoms with Crippen LogP contribution >= 0.6 is 23.4 Å². The predicted octanol–water partition coefficient (Wildman–Crippen LogP) is 3.57. The standard InChI is InChI=1S/C11H14ClNS/c1-8-3-2-4-10(12)11(8)13-9-5-6-14-7-9/h2-4,9,13H,5-7H2,1H3. The number of benzene rings is 1. The van der Waals surface area contributed by atoms with E-state index in [1.807, 2.05) is 23.9 Å². The number of anilines is 1. The monoisotopic (exact) mass is 227 g/mol. The molecule has 0 amide bonds. The van der Waals surface area contributed by atoms with E-state index in [0.717, 1.165) is 10.7 Å². The number of para-hydroxylation sites is 1. The quantitative estimate of drug-likeness (QED) is 0.829. The lowest BCUT2D eigenvalue weighted by atomic mass is 10.1. The lowest BCUT2D eigenvalue weighted by Crippen LogP contribution is -2.18. The molecule has 0 radical (unpaired) electrons. The van der Waals surface area contributed by atoms with E-state index in [4.69, 9.17) is 11.6 Å². The van der Waals surface area contributed by atoms with Gasteiger partial charge in [-0.05, 0) is 30.7 Å². The minimum absolute atomic E-state index is 0.596. The molecule has 1 nitrogen and oxygen atoms in total. The van der Waals surface area contributed by atoms with Gasteiger partial charge < -0.3 is 5.32 Å². The Hall–Kier alpha value is -0.340. The second-order valence-corrected chi connectivity index (χ2v) is 5.19. The van der Waals surface area contributed by atoms with Gasteiger partial charge in [0.2, 0.25) is 0 Å². The topological polar surface area (TPSA) is 12.0 Å². The molecule has 1 aliphatic rings. The van der Waals surface area contributed by atoms with Crippen LogP contribution in [0.1, 0.15) is 12.0 Å². The van der Waals surface area contributed by atoms with Crippen LogP contribution < -0.4 is 5.32 Å². The highest BCUT2D eigenvalue weighted by Gasteiger charge is 2.16. The Morgan fingerprint density at radius 2 is 2.36 bits per heavy atom. The van der Waals surface area contributed by atoms with Gasteiger partial charge >= 0.3 is 0 Å². The number of rotatable bonds is 2. The molecule has 0 aliphatic carbocycles. The summed E-state index contributed by atoms with van der Waals surface area (Å²) in [6.07, 6.45) is 1.25. The van der Waals surface area contributed by atoms with Crippen LogP contribution in [-0.4, -0.2) is 17.5 Å². The first-order valence-electron chi connectivity index (χ1n) is 4.87. The zero-order valence-corrected chi connectivity index (χ0v) is 9.79. The summed E-state index contributed by atoms with van der Waals surface area (Å²) in [6, 6.07) is 6.63. The highest BCUT2D eigenvalue weighted by Crippen LogP contribution is 2.29. The molecule has 0 spiro atoms. The van der Waals surface area contributed by atoms with Crippen molar-refractivity contribution < 1.29 is 0 Å². The van der Waals surface area contributed by atoms with E-state index >= 15 is 0 Å². The molecule has 14 heavy (non-hydrogen) atoms. The maximum atomic E-state index is 6.14. The molecule has 0 saturated carbocycles. The number of halogens is 1. The summed E-state index contributed by atoms with van der Waals surface area (Å²) in [5.41, 5.74) is 2.34. The first-order chi connectivity index (χ1) is 6.77. The van der Waals surface area contributed by atoms with E-state index in [2.05, 4.69) is 18.3 Å². The largest absolute Gasteiger partial charge is 0.380 e. The molecular weight excluding hydrogens is 214 g/mol. The molecule has 76 valence electrons. The highest BCUT2D eigenvalue weighted by molar-refractivity contribution is 7.99. The minimum atomic E-state index is 0.596. The van der Waals surface area contributed by atoms with E-state index < -0.39 is 0 Å². The van der Waals surface area contributed by atoms with Crippen molar-refractivity contribution in [1.29, 1.82) is 0 Å². The van der Waals surface area contributed by atoms with Crippen molar-refractivity contribution in [1.82, 2.24) is 0 Å². The van der Waals surface area contributed by atoms with Crippen molar-refractivity contribution in [2.75, 3.05) is 16.8 Å². The zero-order valence-electron chi connectivity index (χ0n) is 8.22. The smallest absolute Gasteiger partial charge is 0.0640 e. The summed E-state index contributed by atoms with van der Waals surface area (Å²) in [4.78, 5) is 0. The molecule has 2 rings (SSSR count). The Balaban J connectivity index is 2.14. The van der Waals surface area contributed by atoms with E-state index in [1.54, 1.807) is 0 Å². The second kappa shape index (κ2) is 4.45. The molecule has 1 aromatic rings. The van der Waals surface area contributed by atoms with Crippen LogP contribution in [0.4, 0.5) is 5.69 Å². The molecule has 1 unspecified atom stereocenters. The summed E-state index contributed by atoms with van der Waals surface area (Å²) >= 11 is 8.15. The van der Waals surface area contributed by atoms with Gasteiger partial charge in [-0.15, -0.1) is 0 Å². The fraction of sp³-hybridized carbons (Fsp3) is 0.455. The third-order valence-corrected chi connectivity index (χ3v) is 3.98. The summed E-state index contributed by atoms with van der Waals surface area (Å²) in [5.74, 6) is 2.46. The van der Waals surface area contributed by atoms with Gasteiger partial charge in [-0.3, -0.25) is 0 Å². The first kappa shape index (κ1) is 10.2. The van der Waals surface area contributed by atoms with Crippen molar-refractivity contribution in [3.8, 4) is 0 Å². The Kier molecular flexibility index (Phi) is 3.24. The van der Waals surface area contributed by atoms with Gasteiger partial charge in [-0.25, -0.2) is 0 Å². The van der Waals surface area contributed by atoms with Crippen LogP contribution in [-0.2, 0) is 0 Å². The molecule has 1 saturated heterocycles. The summed E-state index contributed by atoms with van der Waals surface area (Å²) in [7, 11) is 0. The Morgan fingerprint density at radius 3 is 3.00 bits per heavy atom. The maximum absolute atomic E-state index is 6.14. The van der Waals surface area contributed by atoms with Gasteiger partial charge in [-0.1, -0.05) is 23.7 Å². The Morgan fingerprint density at radius 1 is 1.50 bits per heavy atom. The van der Waals surface area contributed by atoms with Crippen LogP contribution in [0.15, 0.2) is 18.2 Å². The average molecular weight is 228 g/mol. The number of hydrogen-bond acceptors (Lipinski definition) is 2. The molecule has 3 heteroatoms. The van der Waals surface area contributed by atoms with Crippen LogP contribution in [0.5, 0.6) is 0 Å². The molecule has 1 aromatic carbocycles. The van der Waals surface area contributed by atoms with Crippen LogP contribution in [0.25, 0.3) is 0 Å². The Labute approximate surface area is 94.2 Å². The summed E-state index contributed by atoms with van der Waals surface area (Å²) in [5, 5.41) is 4.36. The van der Waals surface area contributed by atoms with Crippen molar-refractivity contribution >= 4 is 29.1 Å². The number of thioether (sulfide) groups is 1. The third kappa shape index (κ3) is 2.18. The lowest BCUT2D eigenvalue weighted by molar-refractivity contribution is 0.812. The van der Waals surface area contributed by atoms with Crippen molar-refractivity contribution in [2.24, 2.45) is 0 Å². The lowest BCUT2D eigenvalue weighted by Gasteiger charge is -2.16. The molecule has 1 atom stereocenters. The molecule has 0 aromatic heterocycles. The summed E-state index contributed by atoms with van der Waals surface area (Å²) in [6.45, 7) is 2.09. The van der Waals surface area contributed by atoms with Crippen molar-refractivity contribution in [2.45, 2.75) is 19.4 Å². The molecule has 1 aliphatic heterocycles. The fourth-order valence-electron chi connectivity index (χ4n) is 1.67. The highest BCUT2D eigenvalue weighted by atomic mass is 35.5. The first-order valence-corrected chi connectivity index (χ1v) is 6.40. The molecule has 1 N–H and O–H groups in total. The third-order valence-electron chi connectivity index (χ3n) is 2.50. The van der Waals surface area contributed by atoms with Crippen molar-refractivity contribution in [3.05, 3.63) is 28.8 Å². The van der Waals surface area contributed by atoms with E-state index in [-0.39, 0.29) is 0 Å². The number of aryl methyl sites for hydroxylation is 1. The second-order valence-electron chi connectivity index (χ2n) is 3.64. The normalized spacial score (nSPS) is 21.1. The van der Waals surface area contributed by atoms with Gasteiger partial charge in [0.25, 0.3) is 0 Å². The van der Waals surface area contributed by atoms with Gasteiger partial charge in [0.1, 0.15) is 0 Å².